The zero-order valence-electron chi connectivity index (χ0n) is 12.8. The summed E-state index contributed by atoms with van der Waals surface area (Å²) in [5, 5.41) is 0. The Hall–Kier alpha value is -1.55. The molecule has 2 N–H and O–H groups in total. The Morgan fingerprint density at radius 1 is 1.25 bits per heavy atom. The van der Waals surface area contributed by atoms with Gasteiger partial charge in [0.25, 0.3) is 0 Å². The Kier molecular flexibility index (Phi) is 7.09. The van der Waals surface area contributed by atoms with E-state index in [2.05, 4.69) is 11.8 Å². The smallest absolute Gasteiger partial charge is 0.323 e. The first-order valence-corrected chi connectivity index (χ1v) is 7.37. The number of esters is 1. The number of carbonyl (C=O) groups is 1. The fourth-order valence-corrected chi connectivity index (χ4v) is 2.30. The van der Waals surface area contributed by atoms with Gasteiger partial charge in [-0.05, 0) is 44.0 Å². The fourth-order valence-electron chi connectivity index (χ4n) is 2.30. The second-order valence-corrected chi connectivity index (χ2v) is 4.89. The minimum absolute atomic E-state index is 0.126. The highest BCUT2D eigenvalue weighted by Gasteiger charge is 2.24. The van der Waals surface area contributed by atoms with E-state index in [1.807, 2.05) is 38.1 Å². The van der Waals surface area contributed by atoms with E-state index in [1.54, 1.807) is 0 Å². The minimum atomic E-state index is -0.174. The van der Waals surface area contributed by atoms with E-state index in [0.29, 0.717) is 6.61 Å². The van der Waals surface area contributed by atoms with E-state index < -0.39 is 0 Å². The van der Waals surface area contributed by atoms with Gasteiger partial charge < -0.3 is 10.5 Å². The zero-order valence-corrected chi connectivity index (χ0v) is 12.8. The van der Waals surface area contributed by atoms with Crippen LogP contribution in [0.25, 0.3) is 0 Å². The molecule has 1 aromatic rings. The topological polar surface area (TPSA) is 55.6 Å². The first-order chi connectivity index (χ1) is 9.62. The molecule has 0 spiro atoms. The standard InChI is InChI=1S/C16H26N2O2/c1-4-11-18(15(5-2)16(19)20-6-3)12-13-7-9-14(17)10-8-13/h7-10,15H,4-6,11-12,17H2,1-3H3. The molecule has 1 aromatic carbocycles. The van der Waals surface area contributed by atoms with Gasteiger partial charge in [0.15, 0.2) is 0 Å². The molecular formula is C16H26N2O2. The van der Waals surface area contributed by atoms with Crippen molar-refractivity contribution in [3.63, 3.8) is 0 Å². The summed E-state index contributed by atoms with van der Waals surface area (Å²) in [6.07, 6.45) is 1.76. The van der Waals surface area contributed by atoms with Gasteiger partial charge in [0.1, 0.15) is 6.04 Å². The lowest BCUT2D eigenvalue weighted by molar-refractivity contribution is -0.150. The van der Waals surface area contributed by atoms with Crippen LogP contribution in [0.15, 0.2) is 24.3 Å². The number of benzene rings is 1. The van der Waals surface area contributed by atoms with E-state index in [1.165, 1.54) is 0 Å². The van der Waals surface area contributed by atoms with Crippen molar-refractivity contribution in [2.24, 2.45) is 0 Å². The van der Waals surface area contributed by atoms with Crippen LogP contribution in [0.4, 0.5) is 5.69 Å². The Balaban J connectivity index is 2.80. The molecule has 0 aliphatic rings. The molecular weight excluding hydrogens is 252 g/mol. The molecule has 112 valence electrons. The highest BCUT2D eigenvalue weighted by molar-refractivity contribution is 5.75. The van der Waals surface area contributed by atoms with Crippen molar-refractivity contribution in [3.05, 3.63) is 29.8 Å². The van der Waals surface area contributed by atoms with Crippen LogP contribution in [0.3, 0.4) is 0 Å². The molecule has 1 atom stereocenters. The number of nitrogen functional groups attached to an aromatic ring is 1. The summed E-state index contributed by atoms with van der Waals surface area (Å²) in [5.41, 5.74) is 7.62. The van der Waals surface area contributed by atoms with Crippen LogP contribution in [-0.4, -0.2) is 30.1 Å². The molecule has 20 heavy (non-hydrogen) atoms. The van der Waals surface area contributed by atoms with E-state index in [9.17, 15) is 4.79 Å². The lowest BCUT2D eigenvalue weighted by Gasteiger charge is -2.29. The molecule has 1 rings (SSSR count). The van der Waals surface area contributed by atoms with Crippen LogP contribution < -0.4 is 5.73 Å². The number of anilines is 1. The van der Waals surface area contributed by atoms with Crippen LogP contribution >= 0.6 is 0 Å². The molecule has 1 unspecified atom stereocenters. The predicted molar refractivity (Wildman–Crippen MR) is 82.3 cm³/mol. The van der Waals surface area contributed by atoms with E-state index in [0.717, 1.165) is 37.2 Å². The van der Waals surface area contributed by atoms with Crippen LogP contribution in [0, 0.1) is 0 Å². The molecule has 0 amide bonds. The van der Waals surface area contributed by atoms with Gasteiger partial charge in [0, 0.05) is 12.2 Å². The predicted octanol–water partition coefficient (Wildman–Crippen LogP) is 2.82. The molecule has 0 saturated heterocycles. The molecule has 4 nitrogen and oxygen atoms in total. The Morgan fingerprint density at radius 2 is 1.90 bits per heavy atom. The average Bonchev–Trinajstić information content (AvgIpc) is 2.42. The number of hydrogen-bond acceptors (Lipinski definition) is 4. The molecule has 0 aromatic heterocycles. The van der Waals surface area contributed by atoms with E-state index in [4.69, 9.17) is 10.5 Å². The van der Waals surface area contributed by atoms with Gasteiger partial charge in [-0.15, -0.1) is 0 Å². The lowest BCUT2D eigenvalue weighted by Crippen LogP contribution is -2.41. The number of hydrogen-bond donors (Lipinski definition) is 1. The summed E-state index contributed by atoms with van der Waals surface area (Å²) in [6, 6.07) is 7.63. The van der Waals surface area contributed by atoms with Gasteiger partial charge >= 0.3 is 5.97 Å². The normalized spacial score (nSPS) is 12.4. The van der Waals surface area contributed by atoms with Crippen LogP contribution in [0.1, 0.15) is 39.2 Å². The number of rotatable bonds is 8. The maximum Gasteiger partial charge on any atom is 0.323 e. The van der Waals surface area contributed by atoms with E-state index in [-0.39, 0.29) is 12.0 Å². The largest absolute Gasteiger partial charge is 0.465 e. The summed E-state index contributed by atoms with van der Waals surface area (Å²) in [5.74, 6) is -0.126. The fraction of sp³-hybridized carbons (Fsp3) is 0.562. The molecule has 0 saturated carbocycles. The zero-order chi connectivity index (χ0) is 15.0. The first-order valence-electron chi connectivity index (χ1n) is 7.37. The van der Waals surface area contributed by atoms with Crippen molar-refractivity contribution in [2.45, 2.75) is 46.2 Å². The SMILES string of the molecule is CCCN(Cc1ccc(N)cc1)C(CC)C(=O)OCC. The number of nitrogens with two attached hydrogens (primary N) is 1. The van der Waals surface area contributed by atoms with Crippen molar-refractivity contribution in [3.8, 4) is 0 Å². The summed E-state index contributed by atoms with van der Waals surface area (Å²) in [7, 11) is 0. The second kappa shape index (κ2) is 8.59. The molecule has 0 radical (unpaired) electrons. The van der Waals surface area contributed by atoms with Gasteiger partial charge in [0.05, 0.1) is 6.61 Å². The lowest BCUT2D eigenvalue weighted by atomic mass is 10.1. The minimum Gasteiger partial charge on any atom is -0.465 e. The van der Waals surface area contributed by atoms with E-state index >= 15 is 0 Å². The monoisotopic (exact) mass is 278 g/mol. The van der Waals surface area contributed by atoms with Gasteiger partial charge in [-0.3, -0.25) is 9.69 Å². The third kappa shape index (κ3) is 4.85. The first kappa shape index (κ1) is 16.5. The molecule has 0 aliphatic heterocycles. The highest BCUT2D eigenvalue weighted by atomic mass is 16.5. The second-order valence-electron chi connectivity index (χ2n) is 4.89. The highest BCUT2D eigenvalue weighted by Crippen LogP contribution is 2.14. The molecule has 0 heterocycles. The molecule has 0 aliphatic carbocycles. The Morgan fingerprint density at radius 3 is 2.40 bits per heavy atom. The summed E-state index contributed by atoms with van der Waals surface area (Å²) >= 11 is 0. The third-order valence-corrected chi connectivity index (χ3v) is 3.26. The number of ether oxygens (including phenoxy) is 1. The Bertz CT molecular complexity index is 403. The average molecular weight is 278 g/mol. The molecule has 0 bridgehead atoms. The quantitative estimate of drug-likeness (QED) is 0.587. The van der Waals surface area contributed by atoms with Crippen LogP contribution in [0.2, 0.25) is 0 Å². The van der Waals surface area contributed by atoms with Gasteiger partial charge in [0.2, 0.25) is 0 Å². The Labute approximate surface area is 121 Å². The van der Waals surface area contributed by atoms with Gasteiger partial charge in [-0.1, -0.05) is 26.0 Å². The van der Waals surface area contributed by atoms with Crippen LogP contribution in [0.5, 0.6) is 0 Å². The van der Waals surface area contributed by atoms with Crippen molar-refractivity contribution in [2.75, 3.05) is 18.9 Å². The number of nitrogens with zero attached hydrogens (tertiary/aromatic N) is 1. The molecule has 4 heteroatoms. The van der Waals surface area contributed by atoms with Crippen molar-refractivity contribution in [1.82, 2.24) is 4.90 Å². The summed E-state index contributed by atoms with van der Waals surface area (Å²) in [4.78, 5) is 14.2. The maximum absolute atomic E-state index is 12.1. The molecule has 0 fully saturated rings. The number of carbonyl (C=O) groups excluding carboxylic acids is 1. The summed E-state index contributed by atoms with van der Waals surface area (Å²) in [6.45, 7) is 8.03. The van der Waals surface area contributed by atoms with Gasteiger partial charge in [-0.2, -0.15) is 0 Å². The van der Waals surface area contributed by atoms with Crippen LogP contribution in [-0.2, 0) is 16.1 Å². The third-order valence-electron chi connectivity index (χ3n) is 3.26. The van der Waals surface area contributed by atoms with Crippen molar-refractivity contribution >= 4 is 11.7 Å². The van der Waals surface area contributed by atoms with Gasteiger partial charge in [-0.25, -0.2) is 0 Å². The van der Waals surface area contributed by atoms with Crippen molar-refractivity contribution < 1.29 is 9.53 Å². The summed E-state index contributed by atoms with van der Waals surface area (Å²) < 4.78 is 5.18. The maximum atomic E-state index is 12.1. The van der Waals surface area contributed by atoms with Crippen molar-refractivity contribution in [1.29, 1.82) is 0 Å².